The molecule has 2 atom stereocenters. The first-order chi connectivity index (χ1) is 10.3. The van der Waals surface area contributed by atoms with Crippen LogP contribution in [-0.4, -0.2) is 23.3 Å². The summed E-state index contributed by atoms with van der Waals surface area (Å²) in [6.45, 7) is 0. The maximum atomic E-state index is 11.9. The highest BCUT2D eigenvalue weighted by Crippen LogP contribution is 2.20. The normalized spacial score (nSPS) is 23.1. The van der Waals surface area contributed by atoms with E-state index in [0.29, 0.717) is 6.42 Å². The van der Waals surface area contributed by atoms with Gasteiger partial charge in [0.2, 0.25) is 0 Å². The molecule has 1 aliphatic carbocycles. The predicted molar refractivity (Wildman–Crippen MR) is 83.0 cm³/mol. The SMILES string of the molecule is O=C(CCCc1ccccc1)O[C@H]1CCCCCC[C@H]1O. The zero-order valence-corrected chi connectivity index (χ0v) is 12.7. The van der Waals surface area contributed by atoms with Crippen molar-refractivity contribution in [2.24, 2.45) is 0 Å². The minimum atomic E-state index is -0.483. The zero-order valence-electron chi connectivity index (χ0n) is 12.7. The van der Waals surface area contributed by atoms with E-state index < -0.39 is 6.10 Å². The van der Waals surface area contributed by atoms with Crippen molar-refractivity contribution in [3.05, 3.63) is 35.9 Å². The lowest BCUT2D eigenvalue weighted by atomic mass is 9.96. The van der Waals surface area contributed by atoms with Crippen LogP contribution in [0.5, 0.6) is 0 Å². The van der Waals surface area contributed by atoms with Gasteiger partial charge >= 0.3 is 5.97 Å². The van der Waals surface area contributed by atoms with Gasteiger partial charge < -0.3 is 9.84 Å². The number of aliphatic hydroxyl groups excluding tert-OH is 1. The maximum absolute atomic E-state index is 11.9. The molecule has 0 heterocycles. The van der Waals surface area contributed by atoms with Crippen molar-refractivity contribution in [1.82, 2.24) is 0 Å². The van der Waals surface area contributed by atoms with Crippen molar-refractivity contribution in [1.29, 1.82) is 0 Å². The molecule has 1 saturated carbocycles. The number of ether oxygens (including phenoxy) is 1. The highest BCUT2D eigenvalue weighted by Gasteiger charge is 2.23. The van der Waals surface area contributed by atoms with Crippen LogP contribution in [0.25, 0.3) is 0 Å². The fourth-order valence-corrected chi connectivity index (χ4v) is 2.88. The Morgan fingerprint density at radius 1 is 1.10 bits per heavy atom. The van der Waals surface area contributed by atoms with Crippen LogP contribution in [0.4, 0.5) is 0 Å². The molecule has 0 aliphatic heterocycles. The quantitative estimate of drug-likeness (QED) is 0.842. The van der Waals surface area contributed by atoms with Crippen LogP contribution in [0, 0.1) is 0 Å². The standard InChI is InChI=1S/C18H26O3/c19-16-12-6-1-2-7-13-17(16)21-18(20)14-8-11-15-9-4-3-5-10-15/h3-5,9-10,16-17,19H,1-2,6-8,11-14H2/t16-,17+/m1/s1. The first-order valence-electron chi connectivity index (χ1n) is 8.17. The second-order valence-electron chi connectivity index (χ2n) is 5.93. The van der Waals surface area contributed by atoms with Crippen molar-refractivity contribution < 1.29 is 14.6 Å². The van der Waals surface area contributed by atoms with Gasteiger partial charge in [0.1, 0.15) is 6.10 Å². The van der Waals surface area contributed by atoms with E-state index in [1.54, 1.807) is 0 Å². The molecule has 1 fully saturated rings. The Kier molecular flexibility index (Phi) is 6.74. The summed E-state index contributed by atoms with van der Waals surface area (Å²) < 4.78 is 5.49. The summed E-state index contributed by atoms with van der Waals surface area (Å²) in [5, 5.41) is 10.0. The van der Waals surface area contributed by atoms with Crippen molar-refractivity contribution >= 4 is 5.97 Å². The molecule has 0 amide bonds. The smallest absolute Gasteiger partial charge is 0.306 e. The fourth-order valence-electron chi connectivity index (χ4n) is 2.88. The average molecular weight is 290 g/mol. The van der Waals surface area contributed by atoms with Gasteiger partial charge in [0.05, 0.1) is 6.10 Å². The van der Waals surface area contributed by atoms with E-state index in [1.807, 2.05) is 18.2 Å². The molecule has 0 aromatic heterocycles. The van der Waals surface area contributed by atoms with Gasteiger partial charge in [-0.25, -0.2) is 0 Å². The van der Waals surface area contributed by atoms with Gasteiger partial charge in [-0.3, -0.25) is 4.79 Å². The molecule has 1 aliphatic rings. The molecule has 0 bridgehead atoms. The Balaban J connectivity index is 1.70. The summed E-state index contributed by atoms with van der Waals surface area (Å²) in [6.07, 6.45) is 7.31. The van der Waals surface area contributed by atoms with Gasteiger partial charge in [-0.2, -0.15) is 0 Å². The van der Waals surface area contributed by atoms with Gasteiger partial charge in [-0.1, -0.05) is 49.6 Å². The van der Waals surface area contributed by atoms with E-state index in [-0.39, 0.29) is 12.1 Å². The third-order valence-corrected chi connectivity index (χ3v) is 4.14. The van der Waals surface area contributed by atoms with Crippen molar-refractivity contribution in [3.8, 4) is 0 Å². The van der Waals surface area contributed by atoms with Crippen molar-refractivity contribution in [2.75, 3.05) is 0 Å². The molecule has 0 unspecified atom stereocenters. The molecule has 0 spiro atoms. The predicted octanol–water partition coefficient (Wildman–Crippen LogP) is 3.64. The number of hydrogen-bond acceptors (Lipinski definition) is 3. The largest absolute Gasteiger partial charge is 0.460 e. The molecular formula is C18H26O3. The second-order valence-corrected chi connectivity index (χ2v) is 5.93. The van der Waals surface area contributed by atoms with Gasteiger partial charge in [0.25, 0.3) is 0 Å². The van der Waals surface area contributed by atoms with Crippen LogP contribution in [0.3, 0.4) is 0 Å². The molecule has 2 rings (SSSR count). The summed E-state index contributed by atoms with van der Waals surface area (Å²) in [6, 6.07) is 10.2. The minimum absolute atomic E-state index is 0.171. The number of benzene rings is 1. The minimum Gasteiger partial charge on any atom is -0.460 e. The van der Waals surface area contributed by atoms with Crippen LogP contribution in [0.2, 0.25) is 0 Å². The monoisotopic (exact) mass is 290 g/mol. The second kappa shape index (κ2) is 8.83. The Morgan fingerprint density at radius 3 is 2.57 bits per heavy atom. The maximum Gasteiger partial charge on any atom is 0.306 e. The highest BCUT2D eigenvalue weighted by atomic mass is 16.6. The molecule has 3 heteroatoms. The van der Waals surface area contributed by atoms with Crippen LogP contribution in [0.15, 0.2) is 30.3 Å². The van der Waals surface area contributed by atoms with Gasteiger partial charge in [-0.05, 0) is 37.7 Å². The third-order valence-electron chi connectivity index (χ3n) is 4.14. The highest BCUT2D eigenvalue weighted by molar-refractivity contribution is 5.69. The van der Waals surface area contributed by atoms with E-state index in [0.717, 1.165) is 38.5 Å². The fraction of sp³-hybridized carbons (Fsp3) is 0.611. The van der Waals surface area contributed by atoms with E-state index in [4.69, 9.17) is 4.74 Å². The van der Waals surface area contributed by atoms with E-state index >= 15 is 0 Å². The van der Waals surface area contributed by atoms with Crippen LogP contribution >= 0.6 is 0 Å². The Morgan fingerprint density at radius 2 is 1.81 bits per heavy atom. The van der Waals surface area contributed by atoms with Gasteiger partial charge in [0.15, 0.2) is 0 Å². The molecule has 0 saturated heterocycles. The van der Waals surface area contributed by atoms with Crippen molar-refractivity contribution in [3.63, 3.8) is 0 Å². The summed E-state index contributed by atoms with van der Waals surface area (Å²) in [5.41, 5.74) is 1.25. The molecule has 0 radical (unpaired) electrons. The van der Waals surface area contributed by atoms with Gasteiger partial charge in [0, 0.05) is 6.42 Å². The molecule has 116 valence electrons. The number of carbonyl (C=O) groups excluding carboxylic acids is 1. The number of rotatable bonds is 5. The first kappa shape index (κ1) is 16.0. The molecular weight excluding hydrogens is 264 g/mol. The lowest BCUT2D eigenvalue weighted by molar-refractivity contribution is -0.156. The summed E-state index contributed by atoms with van der Waals surface area (Å²) >= 11 is 0. The van der Waals surface area contributed by atoms with Crippen LogP contribution < -0.4 is 0 Å². The molecule has 1 aromatic carbocycles. The van der Waals surface area contributed by atoms with E-state index in [9.17, 15) is 9.90 Å². The van der Waals surface area contributed by atoms with Crippen LogP contribution in [-0.2, 0) is 16.0 Å². The molecule has 3 nitrogen and oxygen atoms in total. The van der Waals surface area contributed by atoms with Crippen LogP contribution in [0.1, 0.15) is 56.9 Å². The van der Waals surface area contributed by atoms with E-state index in [1.165, 1.54) is 18.4 Å². The summed E-state index contributed by atoms with van der Waals surface area (Å²) in [5.74, 6) is -0.171. The summed E-state index contributed by atoms with van der Waals surface area (Å²) in [7, 11) is 0. The Labute approximate surface area is 127 Å². The summed E-state index contributed by atoms with van der Waals surface area (Å²) in [4.78, 5) is 11.9. The topological polar surface area (TPSA) is 46.5 Å². The molecule has 1 N–H and O–H groups in total. The first-order valence-corrected chi connectivity index (χ1v) is 8.17. The lowest BCUT2D eigenvalue weighted by Crippen LogP contribution is -2.32. The Hall–Kier alpha value is -1.35. The number of hydrogen-bond donors (Lipinski definition) is 1. The van der Waals surface area contributed by atoms with E-state index in [2.05, 4.69) is 12.1 Å². The lowest BCUT2D eigenvalue weighted by Gasteiger charge is -2.25. The molecule has 21 heavy (non-hydrogen) atoms. The van der Waals surface area contributed by atoms with Crippen molar-refractivity contribution in [2.45, 2.75) is 70.0 Å². The Bertz CT molecular complexity index is 416. The third kappa shape index (κ3) is 5.88. The number of aliphatic hydroxyl groups is 1. The number of aryl methyl sites for hydroxylation is 1. The molecule has 1 aromatic rings. The zero-order chi connectivity index (χ0) is 14.9. The number of carbonyl (C=O) groups is 1. The van der Waals surface area contributed by atoms with Gasteiger partial charge in [-0.15, -0.1) is 0 Å². The number of esters is 1. The average Bonchev–Trinajstić information content (AvgIpc) is 2.48.